The first-order valence-electron chi connectivity index (χ1n) is 12.1. The Morgan fingerprint density at radius 3 is 2.68 bits per heavy atom. The largest absolute Gasteiger partial charge is 0.454 e. The number of likely N-dealkylation sites (tertiary alicyclic amines) is 1. The van der Waals surface area contributed by atoms with Crippen LogP contribution in [-0.2, 0) is 6.54 Å². The molecule has 3 heterocycles. The van der Waals surface area contributed by atoms with Gasteiger partial charge in [-0.2, -0.15) is 0 Å². The van der Waals surface area contributed by atoms with Crippen LogP contribution in [0.2, 0.25) is 0 Å². The Morgan fingerprint density at radius 2 is 1.82 bits per heavy atom. The molecule has 0 N–H and O–H groups in total. The molecule has 7 heteroatoms. The molecule has 176 valence electrons. The molecule has 1 aromatic heterocycles. The highest BCUT2D eigenvalue weighted by atomic mass is 16.7. The molecule has 1 fully saturated rings. The number of ether oxygens (including phenoxy) is 2. The lowest BCUT2D eigenvalue weighted by Gasteiger charge is -2.24. The normalized spacial score (nSPS) is 15.6. The van der Waals surface area contributed by atoms with Gasteiger partial charge in [0.1, 0.15) is 5.69 Å². The molecule has 0 bridgehead atoms. The average Bonchev–Trinajstić information content (AvgIpc) is 3.48. The molecule has 2 aliphatic rings. The summed E-state index contributed by atoms with van der Waals surface area (Å²) < 4.78 is 16.9. The molecule has 1 saturated heterocycles. The third kappa shape index (κ3) is 5.35. The molecule has 0 amide bonds. The molecule has 0 spiro atoms. The van der Waals surface area contributed by atoms with Crippen LogP contribution in [0.4, 0.5) is 11.6 Å². The number of aromatic nitrogens is 1. The maximum absolute atomic E-state index is 7.28. The number of anilines is 1. The smallest absolute Gasteiger partial charge is 0.231 e. The van der Waals surface area contributed by atoms with E-state index in [1.54, 1.807) is 6.07 Å². The van der Waals surface area contributed by atoms with E-state index in [0.29, 0.717) is 12.2 Å². The zero-order valence-corrected chi connectivity index (χ0v) is 19.4. The molecular formula is C27H30N4O3. The van der Waals surface area contributed by atoms with Crippen molar-refractivity contribution in [3.63, 3.8) is 0 Å². The third-order valence-corrected chi connectivity index (χ3v) is 6.49. The van der Waals surface area contributed by atoms with E-state index in [1.807, 2.05) is 36.4 Å². The molecule has 0 atom stereocenters. The Kier molecular flexibility index (Phi) is 6.97. The van der Waals surface area contributed by atoms with Gasteiger partial charge in [-0.05, 0) is 68.2 Å². The highest BCUT2D eigenvalue weighted by molar-refractivity contribution is 5.67. The van der Waals surface area contributed by atoms with Crippen molar-refractivity contribution >= 4 is 11.6 Å². The Labute approximate surface area is 200 Å². The van der Waals surface area contributed by atoms with Gasteiger partial charge in [-0.3, -0.25) is 0 Å². The molecule has 5 rings (SSSR count). The second kappa shape index (κ2) is 10.6. The van der Waals surface area contributed by atoms with Crippen LogP contribution in [0.15, 0.2) is 53.1 Å². The summed E-state index contributed by atoms with van der Waals surface area (Å²) in [4.78, 5) is 8.36. The van der Waals surface area contributed by atoms with Gasteiger partial charge in [-0.1, -0.05) is 42.3 Å². The van der Waals surface area contributed by atoms with Crippen molar-refractivity contribution in [2.75, 3.05) is 37.9 Å². The fraction of sp³-hybridized carbons (Fsp3) is 0.407. The Hall–Kier alpha value is -3.50. The SMILES string of the molecule is [C-]#[N+]c1cccc(-c2cc(N(CCCN3CCCCCC3)Cc3ccc4c(c3)OCO4)on2)c1. The van der Waals surface area contributed by atoms with Gasteiger partial charge in [-0.15, -0.1) is 0 Å². The van der Waals surface area contributed by atoms with Gasteiger partial charge in [0.15, 0.2) is 17.2 Å². The number of hydrogen-bond donors (Lipinski definition) is 0. The molecule has 0 radical (unpaired) electrons. The summed E-state index contributed by atoms with van der Waals surface area (Å²) in [5.74, 6) is 2.31. The van der Waals surface area contributed by atoms with E-state index in [4.69, 9.17) is 20.6 Å². The minimum atomic E-state index is 0.271. The Balaban J connectivity index is 1.32. The minimum absolute atomic E-state index is 0.271. The predicted octanol–water partition coefficient (Wildman–Crippen LogP) is 5.89. The minimum Gasteiger partial charge on any atom is -0.454 e. The van der Waals surface area contributed by atoms with Crippen LogP contribution >= 0.6 is 0 Å². The lowest BCUT2D eigenvalue weighted by molar-refractivity contribution is 0.174. The quantitative estimate of drug-likeness (QED) is 0.392. The van der Waals surface area contributed by atoms with Gasteiger partial charge in [0.25, 0.3) is 0 Å². The number of fused-ring (bicyclic) bond motifs is 1. The Morgan fingerprint density at radius 1 is 0.971 bits per heavy atom. The summed E-state index contributed by atoms with van der Waals surface area (Å²) in [5, 5.41) is 4.32. The van der Waals surface area contributed by atoms with Crippen molar-refractivity contribution in [1.29, 1.82) is 0 Å². The standard InChI is InChI=1S/C27H30N4O3/c1-28-23-9-6-8-22(17-23)24-18-27(34-29-24)31(15-7-14-30-12-4-2-3-5-13-30)19-21-10-11-25-26(16-21)33-20-32-25/h6,8-11,16-18H,2-5,7,12-15,19-20H2. The summed E-state index contributed by atoms with van der Waals surface area (Å²) in [6.45, 7) is 12.6. The van der Waals surface area contributed by atoms with E-state index in [0.717, 1.165) is 53.7 Å². The molecule has 2 aliphatic heterocycles. The van der Waals surface area contributed by atoms with E-state index in [9.17, 15) is 0 Å². The first kappa shape index (κ1) is 22.3. The van der Waals surface area contributed by atoms with Crippen molar-refractivity contribution in [2.45, 2.75) is 38.6 Å². The van der Waals surface area contributed by atoms with E-state index >= 15 is 0 Å². The van der Waals surface area contributed by atoms with Crippen molar-refractivity contribution in [3.05, 3.63) is 65.5 Å². The lowest BCUT2D eigenvalue weighted by Crippen LogP contribution is -2.30. The zero-order chi connectivity index (χ0) is 23.2. The van der Waals surface area contributed by atoms with E-state index < -0.39 is 0 Å². The maximum Gasteiger partial charge on any atom is 0.231 e. The number of benzene rings is 2. The fourth-order valence-electron chi connectivity index (χ4n) is 4.66. The molecule has 0 unspecified atom stereocenters. The van der Waals surface area contributed by atoms with Crippen LogP contribution in [0.25, 0.3) is 16.1 Å². The zero-order valence-electron chi connectivity index (χ0n) is 19.4. The van der Waals surface area contributed by atoms with E-state index in [-0.39, 0.29) is 6.79 Å². The van der Waals surface area contributed by atoms with Gasteiger partial charge < -0.3 is 23.8 Å². The number of hydrogen-bond acceptors (Lipinski definition) is 6. The average molecular weight is 459 g/mol. The van der Waals surface area contributed by atoms with Gasteiger partial charge in [0, 0.05) is 19.2 Å². The van der Waals surface area contributed by atoms with Crippen LogP contribution in [0, 0.1) is 6.57 Å². The van der Waals surface area contributed by atoms with Crippen LogP contribution in [0.1, 0.15) is 37.7 Å². The fourth-order valence-corrected chi connectivity index (χ4v) is 4.66. The van der Waals surface area contributed by atoms with Gasteiger partial charge in [0.2, 0.25) is 12.7 Å². The Bertz CT molecular complexity index is 1140. The van der Waals surface area contributed by atoms with Crippen LogP contribution in [0.3, 0.4) is 0 Å². The first-order valence-corrected chi connectivity index (χ1v) is 12.1. The highest BCUT2D eigenvalue weighted by Gasteiger charge is 2.18. The topological polar surface area (TPSA) is 55.3 Å². The molecule has 0 aliphatic carbocycles. The third-order valence-electron chi connectivity index (χ3n) is 6.49. The summed E-state index contributed by atoms with van der Waals surface area (Å²) in [7, 11) is 0. The van der Waals surface area contributed by atoms with Crippen molar-refractivity contribution in [1.82, 2.24) is 10.1 Å². The van der Waals surface area contributed by atoms with Crippen molar-refractivity contribution in [3.8, 4) is 22.8 Å². The summed E-state index contributed by atoms with van der Waals surface area (Å²) in [6.07, 6.45) is 6.35. The maximum atomic E-state index is 7.28. The van der Waals surface area contributed by atoms with Gasteiger partial charge in [0.05, 0.1) is 6.57 Å². The lowest BCUT2D eigenvalue weighted by atomic mass is 10.1. The van der Waals surface area contributed by atoms with Gasteiger partial charge >= 0.3 is 0 Å². The van der Waals surface area contributed by atoms with E-state index in [1.165, 1.54) is 38.8 Å². The summed E-state index contributed by atoms with van der Waals surface area (Å²) in [6, 6.07) is 15.5. The second-order valence-electron chi connectivity index (χ2n) is 8.93. The number of nitrogens with zero attached hydrogens (tertiary/aromatic N) is 4. The monoisotopic (exact) mass is 458 g/mol. The first-order chi connectivity index (χ1) is 16.8. The van der Waals surface area contributed by atoms with Crippen LogP contribution in [0.5, 0.6) is 11.5 Å². The van der Waals surface area contributed by atoms with Crippen LogP contribution in [-0.4, -0.2) is 43.0 Å². The summed E-state index contributed by atoms with van der Waals surface area (Å²) in [5.41, 5.74) is 3.35. The molecule has 34 heavy (non-hydrogen) atoms. The van der Waals surface area contributed by atoms with Crippen molar-refractivity contribution in [2.24, 2.45) is 0 Å². The molecule has 7 nitrogen and oxygen atoms in total. The molecule has 3 aromatic rings. The van der Waals surface area contributed by atoms with Crippen LogP contribution < -0.4 is 14.4 Å². The molecule has 2 aromatic carbocycles. The highest BCUT2D eigenvalue weighted by Crippen LogP contribution is 2.34. The molecular weight excluding hydrogens is 428 g/mol. The van der Waals surface area contributed by atoms with E-state index in [2.05, 4.69) is 25.9 Å². The van der Waals surface area contributed by atoms with Gasteiger partial charge in [-0.25, -0.2) is 4.85 Å². The summed E-state index contributed by atoms with van der Waals surface area (Å²) >= 11 is 0. The van der Waals surface area contributed by atoms with Crippen molar-refractivity contribution < 1.29 is 14.0 Å². The number of rotatable bonds is 8. The predicted molar refractivity (Wildman–Crippen MR) is 131 cm³/mol. The second-order valence-corrected chi connectivity index (χ2v) is 8.93. The molecule has 0 saturated carbocycles.